The van der Waals surface area contributed by atoms with Crippen molar-refractivity contribution in [2.45, 2.75) is 33.7 Å². The van der Waals surface area contributed by atoms with Gasteiger partial charge < -0.3 is 5.32 Å². The molecule has 1 heterocycles. The van der Waals surface area contributed by atoms with Crippen LogP contribution < -0.4 is 5.32 Å². The van der Waals surface area contributed by atoms with Crippen LogP contribution in [0.4, 0.5) is 5.69 Å². The lowest BCUT2D eigenvalue weighted by atomic mass is 9.99. The molecule has 0 saturated carbocycles. The zero-order chi connectivity index (χ0) is 13.1. The van der Waals surface area contributed by atoms with Crippen LogP contribution in [0.2, 0.25) is 0 Å². The average Bonchev–Trinajstić information content (AvgIpc) is 2.35. The first-order chi connectivity index (χ1) is 8.58. The largest absolute Gasteiger partial charge is 0.377 e. The second kappa shape index (κ2) is 5.21. The first-order valence-corrected chi connectivity index (χ1v) is 6.32. The Morgan fingerprint density at radius 3 is 2.56 bits per heavy atom. The van der Waals surface area contributed by atoms with E-state index in [1.54, 1.807) is 0 Å². The normalized spacial score (nSPS) is 12.2. The van der Waals surface area contributed by atoms with Crippen LogP contribution in [-0.2, 0) is 0 Å². The third kappa shape index (κ3) is 2.70. The van der Waals surface area contributed by atoms with Gasteiger partial charge in [-0.1, -0.05) is 23.8 Å². The predicted octanol–water partition coefficient (Wildman–Crippen LogP) is 4.18. The van der Waals surface area contributed by atoms with Crippen molar-refractivity contribution in [2.75, 3.05) is 5.32 Å². The lowest BCUT2D eigenvalue weighted by molar-refractivity contribution is 0.868. The zero-order valence-electron chi connectivity index (χ0n) is 11.5. The smallest absolute Gasteiger partial charge is 0.0561 e. The monoisotopic (exact) mass is 240 g/mol. The maximum atomic E-state index is 4.17. The highest BCUT2D eigenvalue weighted by atomic mass is 14.9. The van der Waals surface area contributed by atoms with E-state index in [2.05, 4.69) is 56.2 Å². The number of rotatable bonds is 3. The molecule has 2 heteroatoms. The molecule has 0 radical (unpaired) electrons. The molecule has 0 fully saturated rings. The summed E-state index contributed by atoms with van der Waals surface area (Å²) >= 11 is 0. The zero-order valence-corrected chi connectivity index (χ0v) is 11.5. The fourth-order valence-electron chi connectivity index (χ4n) is 2.15. The van der Waals surface area contributed by atoms with Gasteiger partial charge >= 0.3 is 0 Å². The summed E-state index contributed by atoms with van der Waals surface area (Å²) in [6.07, 6.45) is 3.71. The van der Waals surface area contributed by atoms with E-state index in [4.69, 9.17) is 0 Å². The van der Waals surface area contributed by atoms with Crippen molar-refractivity contribution in [1.29, 1.82) is 0 Å². The van der Waals surface area contributed by atoms with Crippen molar-refractivity contribution in [3.8, 4) is 0 Å². The second-order valence-corrected chi connectivity index (χ2v) is 4.92. The van der Waals surface area contributed by atoms with Crippen LogP contribution in [0.1, 0.15) is 35.2 Å². The van der Waals surface area contributed by atoms with Crippen LogP contribution in [0.15, 0.2) is 36.7 Å². The minimum Gasteiger partial charge on any atom is -0.377 e. The lowest BCUT2D eigenvalue weighted by Crippen LogP contribution is -2.09. The third-order valence-electron chi connectivity index (χ3n) is 3.31. The van der Waals surface area contributed by atoms with Gasteiger partial charge in [-0.25, -0.2) is 0 Å². The molecule has 2 aromatic rings. The van der Waals surface area contributed by atoms with E-state index in [1.807, 2.05) is 18.5 Å². The van der Waals surface area contributed by atoms with Crippen LogP contribution in [0.3, 0.4) is 0 Å². The topological polar surface area (TPSA) is 24.9 Å². The average molecular weight is 240 g/mol. The van der Waals surface area contributed by atoms with Gasteiger partial charge in [0.05, 0.1) is 11.9 Å². The van der Waals surface area contributed by atoms with Crippen molar-refractivity contribution in [1.82, 2.24) is 4.98 Å². The molecule has 1 atom stereocenters. The van der Waals surface area contributed by atoms with Crippen molar-refractivity contribution in [2.24, 2.45) is 0 Å². The van der Waals surface area contributed by atoms with Gasteiger partial charge in [0.15, 0.2) is 0 Å². The number of benzene rings is 1. The van der Waals surface area contributed by atoms with E-state index in [0.29, 0.717) is 0 Å². The molecular weight excluding hydrogens is 220 g/mol. The minimum atomic E-state index is 0.285. The molecule has 94 valence electrons. The molecule has 0 aliphatic heterocycles. The van der Waals surface area contributed by atoms with Gasteiger partial charge in [0.2, 0.25) is 0 Å². The fraction of sp³-hybridized carbons (Fsp3) is 0.312. The Kier molecular flexibility index (Phi) is 3.66. The molecule has 1 N–H and O–H groups in total. The van der Waals surface area contributed by atoms with Crippen molar-refractivity contribution in [3.05, 3.63) is 58.9 Å². The molecule has 0 amide bonds. The molecule has 1 aromatic carbocycles. The summed E-state index contributed by atoms with van der Waals surface area (Å²) in [5.74, 6) is 0. The van der Waals surface area contributed by atoms with Gasteiger partial charge in [-0.3, -0.25) is 4.98 Å². The van der Waals surface area contributed by atoms with Gasteiger partial charge in [0.1, 0.15) is 0 Å². The Hall–Kier alpha value is -1.83. The molecular formula is C16H20N2. The SMILES string of the molecule is Cc1ccc(C)c(C(C)Nc2cnccc2C)c1. The number of aryl methyl sites for hydroxylation is 3. The number of hydrogen-bond acceptors (Lipinski definition) is 2. The molecule has 2 nitrogen and oxygen atoms in total. The Balaban J connectivity index is 2.25. The molecule has 0 aliphatic carbocycles. The first kappa shape index (κ1) is 12.6. The summed E-state index contributed by atoms with van der Waals surface area (Å²) in [7, 11) is 0. The van der Waals surface area contributed by atoms with Crippen LogP contribution in [0.25, 0.3) is 0 Å². The third-order valence-corrected chi connectivity index (χ3v) is 3.31. The Morgan fingerprint density at radius 1 is 1.06 bits per heavy atom. The van der Waals surface area contributed by atoms with E-state index >= 15 is 0 Å². The van der Waals surface area contributed by atoms with Gasteiger partial charge in [-0.05, 0) is 50.5 Å². The minimum absolute atomic E-state index is 0.285. The van der Waals surface area contributed by atoms with Gasteiger partial charge in [-0.15, -0.1) is 0 Å². The molecule has 0 spiro atoms. The summed E-state index contributed by atoms with van der Waals surface area (Å²) < 4.78 is 0. The van der Waals surface area contributed by atoms with Gasteiger partial charge in [0.25, 0.3) is 0 Å². The Labute approximate surface area is 109 Å². The highest BCUT2D eigenvalue weighted by Crippen LogP contribution is 2.24. The molecule has 0 saturated heterocycles. The van der Waals surface area contributed by atoms with E-state index < -0.39 is 0 Å². The number of anilines is 1. The summed E-state index contributed by atoms with van der Waals surface area (Å²) in [5, 5.41) is 3.53. The molecule has 1 aromatic heterocycles. The molecule has 0 bridgehead atoms. The highest BCUT2D eigenvalue weighted by molar-refractivity contribution is 5.50. The lowest BCUT2D eigenvalue weighted by Gasteiger charge is -2.19. The quantitative estimate of drug-likeness (QED) is 0.870. The van der Waals surface area contributed by atoms with Gasteiger partial charge in [-0.2, -0.15) is 0 Å². The summed E-state index contributed by atoms with van der Waals surface area (Å²) in [6.45, 7) is 8.57. The maximum Gasteiger partial charge on any atom is 0.0561 e. The number of hydrogen-bond donors (Lipinski definition) is 1. The Morgan fingerprint density at radius 2 is 1.83 bits per heavy atom. The van der Waals surface area contributed by atoms with Crippen molar-refractivity contribution in [3.63, 3.8) is 0 Å². The highest BCUT2D eigenvalue weighted by Gasteiger charge is 2.09. The number of nitrogens with zero attached hydrogens (tertiary/aromatic N) is 1. The van der Waals surface area contributed by atoms with Crippen LogP contribution in [-0.4, -0.2) is 4.98 Å². The summed E-state index contributed by atoms with van der Waals surface area (Å²) in [4.78, 5) is 4.17. The number of aromatic nitrogens is 1. The Bertz CT molecular complexity index is 547. The van der Waals surface area contributed by atoms with Crippen molar-refractivity contribution >= 4 is 5.69 Å². The molecule has 2 rings (SSSR count). The molecule has 1 unspecified atom stereocenters. The maximum absolute atomic E-state index is 4.17. The van der Waals surface area contributed by atoms with Gasteiger partial charge in [0, 0.05) is 12.2 Å². The number of pyridine rings is 1. The van der Waals surface area contributed by atoms with Crippen LogP contribution in [0.5, 0.6) is 0 Å². The second-order valence-electron chi connectivity index (χ2n) is 4.92. The summed E-state index contributed by atoms with van der Waals surface area (Å²) in [5.41, 5.74) is 6.29. The molecule has 0 aliphatic rings. The van der Waals surface area contributed by atoms with Crippen LogP contribution >= 0.6 is 0 Å². The standard InChI is InChI=1S/C16H20N2/c1-11-5-6-12(2)15(9-11)14(4)18-16-10-17-8-7-13(16)3/h5-10,14,18H,1-4H3. The van der Waals surface area contributed by atoms with E-state index in [0.717, 1.165) is 5.69 Å². The number of nitrogens with one attached hydrogen (secondary N) is 1. The van der Waals surface area contributed by atoms with E-state index in [9.17, 15) is 0 Å². The van der Waals surface area contributed by atoms with E-state index in [-0.39, 0.29) is 6.04 Å². The fourth-order valence-corrected chi connectivity index (χ4v) is 2.15. The first-order valence-electron chi connectivity index (χ1n) is 6.32. The predicted molar refractivity (Wildman–Crippen MR) is 76.9 cm³/mol. The van der Waals surface area contributed by atoms with E-state index in [1.165, 1.54) is 22.3 Å². The van der Waals surface area contributed by atoms with Crippen molar-refractivity contribution < 1.29 is 0 Å². The summed E-state index contributed by atoms with van der Waals surface area (Å²) in [6, 6.07) is 8.89. The van der Waals surface area contributed by atoms with Crippen LogP contribution in [0, 0.1) is 20.8 Å². The molecule has 18 heavy (non-hydrogen) atoms.